The molecule has 0 saturated heterocycles. The minimum atomic E-state index is -0.821. The van der Waals surface area contributed by atoms with E-state index in [9.17, 15) is 14.3 Å². The van der Waals surface area contributed by atoms with Crippen molar-refractivity contribution < 1.29 is 14.3 Å². The van der Waals surface area contributed by atoms with Crippen LogP contribution in [0.5, 0.6) is 5.75 Å². The summed E-state index contributed by atoms with van der Waals surface area (Å²) in [5.41, 5.74) is -0.120. The van der Waals surface area contributed by atoms with Gasteiger partial charge in [0.1, 0.15) is 11.6 Å². The molecule has 2 aromatic rings. The second-order valence-corrected chi connectivity index (χ2v) is 5.21. The fourth-order valence-corrected chi connectivity index (χ4v) is 2.22. The minimum absolute atomic E-state index is 0.123. The Labute approximate surface area is 127 Å². The van der Waals surface area contributed by atoms with Crippen molar-refractivity contribution in [3.05, 3.63) is 65.5 Å². The molecule has 0 aliphatic carbocycles. The Morgan fingerprint density at radius 3 is 2.57 bits per heavy atom. The molecule has 2 N–H and O–H groups in total. The third kappa shape index (κ3) is 3.34. The number of alkyl halides is 1. The molecule has 0 aromatic heterocycles. The molecule has 2 aromatic carbocycles. The van der Waals surface area contributed by atoms with Gasteiger partial charge in [0.25, 0.3) is 5.91 Å². The summed E-state index contributed by atoms with van der Waals surface area (Å²) in [5, 5.41) is 12.4. The van der Waals surface area contributed by atoms with Crippen LogP contribution in [0.25, 0.3) is 0 Å². The number of hydrogen-bond donors (Lipinski definition) is 2. The van der Waals surface area contributed by atoms with Crippen molar-refractivity contribution in [2.24, 2.45) is 0 Å². The Morgan fingerprint density at radius 2 is 1.95 bits per heavy atom. The van der Waals surface area contributed by atoms with Crippen molar-refractivity contribution in [2.45, 2.75) is 12.5 Å². The van der Waals surface area contributed by atoms with Crippen LogP contribution in [0, 0.1) is 5.82 Å². The SMILES string of the molecule is CC(CCl)(NC(=O)c1cc(F)ccc1O)c1ccccc1. The lowest BCUT2D eigenvalue weighted by Crippen LogP contribution is -2.45. The molecule has 0 radical (unpaired) electrons. The Bertz CT molecular complexity index is 648. The first-order valence-corrected chi connectivity index (χ1v) is 6.92. The van der Waals surface area contributed by atoms with Crippen LogP contribution in [-0.2, 0) is 5.54 Å². The molecular weight excluding hydrogens is 293 g/mol. The van der Waals surface area contributed by atoms with Crippen LogP contribution in [0.1, 0.15) is 22.8 Å². The molecule has 0 heterocycles. The standard InChI is InChI=1S/C16H15ClFNO2/c1-16(10-17,11-5-3-2-4-6-11)19-15(21)13-9-12(18)7-8-14(13)20/h2-9,20H,10H2,1H3,(H,19,21). The molecule has 5 heteroatoms. The Hall–Kier alpha value is -2.07. The largest absolute Gasteiger partial charge is 0.507 e. The van der Waals surface area contributed by atoms with Crippen molar-refractivity contribution in [3.8, 4) is 5.75 Å². The molecule has 0 saturated carbocycles. The topological polar surface area (TPSA) is 49.3 Å². The quantitative estimate of drug-likeness (QED) is 0.850. The van der Waals surface area contributed by atoms with E-state index in [2.05, 4.69) is 5.32 Å². The first-order chi connectivity index (χ1) is 9.96. The number of phenolic OH excluding ortho intramolecular Hbond substituents is 1. The molecule has 0 fully saturated rings. The molecule has 0 spiro atoms. The number of hydrogen-bond acceptors (Lipinski definition) is 2. The fourth-order valence-electron chi connectivity index (χ4n) is 2.00. The van der Waals surface area contributed by atoms with Crippen LogP contribution in [0.15, 0.2) is 48.5 Å². The van der Waals surface area contributed by atoms with Gasteiger partial charge in [0.15, 0.2) is 0 Å². The maximum atomic E-state index is 13.2. The number of aromatic hydroxyl groups is 1. The van der Waals surface area contributed by atoms with E-state index in [1.807, 2.05) is 30.3 Å². The zero-order chi connectivity index (χ0) is 15.5. The molecular formula is C16H15ClFNO2. The van der Waals surface area contributed by atoms with Crippen molar-refractivity contribution in [1.82, 2.24) is 5.32 Å². The Kier molecular flexibility index (Phi) is 4.48. The molecule has 3 nitrogen and oxygen atoms in total. The van der Waals surface area contributed by atoms with Gasteiger partial charge >= 0.3 is 0 Å². The zero-order valence-corrected chi connectivity index (χ0v) is 12.2. The van der Waals surface area contributed by atoms with Gasteiger partial charge in [0.2, 0.25) is 0 Å². The third-order valence-electron chi connectivity index (χ3n) is 3.27. The highest BCUT2D eigenvalue weighted by Crippen LogP contribution is 2.25. The first-order valence-electron chi connectivity index (χ1n) is 6.39. The van der Waals surface area contributed by atoms with Crippen LogP contribution in [0.3, 0.4) is 0 Å². The average Bonchev–Trinajstić information content (AvgIpc) is 2.50. The number of carbonyl (C=O) groups excluding carboxylic acids is 1. The van der Waals surface area contributed by atoms with E-state index in [0.717, 1.165) is 23.8 Å². The highest BCUT2D eigenvalue weighted by atomic mass is 35.5. The summed E-state index contributed by atoms with van der Waals surface area (Å²) in [6.07, 6.45) is 0. The number of halogens is 2. The number of benzene rings is 2. The van der Waals surface area contributed by atoms with Crippen LogP contribution >= 0.6 is 11.6 Å². The van der Waals surface area contributed by atoms with Gasteiger partial charge in [-0.1, -0.05) is 30.3 Å². The minimum Gasteiger partial charge on any atom is -0.507 e. The summed E-state index contributed by atoms with van der Waals surface area (Å²) in [6, 6.07) is 12.4. The highest BCUT2D eigenvalue weighted by molar-refractivity contribution is 6.19. The first kappa shape index (κ1) is 15.3. The van der Waals surface area contributed by atoms with Crippen molar-refractivity contribution in [2.75, 3.05) is 5.88 Å². The van der Waals surface area contributed by atoms with Gasteiger partial charge in [-0.2, -0.15) is 0 Å². The molecule has 1 amide bonds. The zero-order valence-electron chi connectivity index (χ0n) is 11.4. The van der Waals surface area contributed by atoms with Crippen molar-refractivity contribution >= 4 is 17.5 Å². The van der Waals surface area contributed by atoms with E-state index in [1.54, 1.807) is 6.92 Å². The molecule has 0 aliphatic heterocycles. The average molecular weight is 308 g/mol. The Morgan fingerprint density at radius 1 is 1.29 bits per heavy atom. The van der Waals surface area contributed by atoms with Crippen molar-refractivity contribution in [3.63, 3.8) is 0 Å². The monoisotopic (exact) mass is 307 g/mol. The molecule has 0 aliphatic rings. The lowest BCUT2D eigenvalue weighted by molar-refractivity contribution is 0.0910. The van der Waals surface area contributed by atoms with Gasteiger partial charge < -0.3 is 10.4 Å². The number of carbonyl (C=O) groups is 1. The van der Waals surface area contributed by atoms with E-state index in [1.165, 1.54) is 0 Å². The maximum absolute atomic E-state index is 13.2. The summed E-state index contributed by atoms with van der Waals surface area (Å²) in [7, 11) is 0. The lowest BCUT2D eigenvalue weighted by atomic mass is 9.93. The molecule has 21 heavy (non-hydrogen) atoms. The van der Waals surface area contributed by atoms with Gasteiger partial charge in [-0.05, 0) is 30.7 Å². The summed E-state index contributed by atoms with van der Waals surface area (Å²) in [6.45, 7) is 1.77. The molecule has 2 rings (SSSR count). The van der Waals surface area contributed by atoms with E-state index >= 15 is 0 Å². The van der Waals surface area contributed by atoms with Crippen LogP contribution in [0.4, 0.5) is 4.39 Å². The van der Waals surface area contributed by atoms with Gasteiger partial charge in [0.05, 0.1) is 11.1 Å². The molecule has 110 valence electrons. The second kappa shape index (κ2) is 6.14. The third-order valence-corrected chi connectivity index (χ3v) is 3.81. The predicted octanol–water partition coefficient (Wildman–Crippen LogP) is 3.42. The summed E-state index contributed by atoms with van der Waals surface area (Å²) < 4.78 is 13.2. The van der Waals surface area contributed by atoms with Gasteiger partial charge in [-0.3, -0.25) is 4.79 Å². The lowest BCUT2D eigenvalue weighted by Gasteiger charge is -2.29. The second-order valence-electron chi connectivity index (χ2n) is 4.95. The van der Waals surface area contributed by atoms with Crippen LogP contribution in [-0.4, -0.2) is 16.9 Å². The van der Waals surface area contributed by atoms with E-state index in [4.69, 9.17) is 11.6 Å². The van der Waals surface area contributed by atoms with Gasteiger partial charge in [-0.25, -0.2) is 4.39 Å². The van der Waals surface area contributed by atoms with E-state index in [0.29, 0.717) is 0 Å². The van der Waals surface area contributed by atoms with E-state index < -0.39 is 17.3 Å². The number of phenols is 1. The van der Waals surface area contributed by atoms with E-state index in [-0.39, 0.29) is 17.2 Å². The summed E-state index contributed by atoms with van der Waals surface area (Å²) >= 11 is 5.99. The summed E-state index contributed by atoms with van der Waals surface area (Å²) in [5.74, 6) is -1.32. The van der Waals surface area contributed by atoms with Crippen LogP contribution < -0.4 is 5.32 Å². The smallest absolute Gasteiger partial charge is 0.255 e. The maximum Gasteiger partial charge on any atom is 0.255 e. The number of amides is 1. The normalized spacial score (nSPS) is 13.5. The van der Waals surface area contributed by atoms with Crippen molar-refractivity contribution in [1.29, 1.82) is 0 Å². The predicted molar refractivity (Wildman–Crippen MR) is 80.0 cm³/mol. The number of nitrogens with one attached hydrogen (secondary N) is 1. The summed E-state index contributed by atoms with van der Waals surface area (Å²) in [4.78, 5) is 12.3. The van der Waals surface area contributed by atoms with Gasteiger partial charge in [-0.15, -0.1) is 11.6 Å². The Balaban J connectivity index is 2.30. The number of rotatable bonds is 4. The molecule has 1 unspecified atom stereocenters. The fraction of sp³-hybridized carbons (Fsp3) is 0.188. The van der Waals surface area contributed by atoms with Crippen LogP contribution in [0.2, 0.25) is 0 Å². The van der Waals surface area contributed by atoms with Gasteiger partial charge in [0, 0.05) is 5.88 Å². The molecule has 0 bridgehead atoms. The highest BCUT2D eigenvalue weighted by Gasteiger charge is 2.29. The molecule has 1 atom stereocenters.